The molecule has 5 aromatic rings. The first-order valence-corrected chi connectivity index (χ1v) is 10.4. The predicted molar refractivity (Wildman–Crippen MR) is 111 cm³/mol. The van der Waals surface area contributed by atoms with E-state index in [1.807, 2.05) is 30.5 Å². The third-order valence-corrected chi connectivity index (χ3v) is 5.37. The third kappa shape index (κ3) is 3.59. The molecule has 31 heavy (non-hydrogen) atoms. The van der Waals surface area contributed by atoms with Crippen LogP contribution < -0.4 is 5.56 Å². The van der Waals surface area contributed by atoms with Gasteiger partial charge in [-0.2, -0.15) is 9.67 Å². The first-order valence-electron chi connectivity index (χ1n) is 9.16. The lowest BCUT2D eigenvalue weighted by Crippen LogP contribution is -2.21. The number of thioether (sulfide) groups is 1. The summed E-state index contributed by atoms with van der Waals surface area (Å²) in [7, 11) is 0. The number of fused-ring (bicyclic) bond motifs is 1. The quantitative estimate of drug-likeness (QED) is 0.388. The molecule has 0 atom stereocenters. The number of aromatic nitrogens is 7. The maximum absolute atomic E-state index is 13.2. The number of nitrogens with zero attached hydrogens (tertiary/aromatic N) is 7. The molecule has 3 aromatic heterocycles. The summed E-state index contributed by atoms with van der Waals surface area (Å²) < 4.78 is 21.2. The summed E-state index contributed by atoms with van der Waals surface area (Å²) in [5, 5.41) is 11.9. The average Bonchev–Trinajstić information content (AvgIpc) is 3.44. The molecule has 0 aliphatic rings. The first kappa shape index (κ1) is 19.1. The lowest BCUT2D eigenvalue weighted by Gasteiger charge is -2.03. The Hall–Kier alpha value is -3.86. The fraction of sp³-hybridized carbons (Fsp3) is 0.100. The molecule has 0 saturated heterocycles. The Morgan fingerprint density at radius 2 is 1.87 bits per heavy atom. The summed E-state index contributed by atoms with van der Waals surface area (Å²) in [6.45, 7) is 0.0427. The van der Waals surface area contributed by atoms with E-state index in [2.05, 4.69) is 25.4 Å². The number of benzene rings is 2. The molecule has 2 aromatic carbocycles. The van der Waals surface area contributed by atoms with Crippen LogP contribution in [0.3, 0.4) is 0 Å². The van der Waals surface area contributed by atoms with Crippen molar-refractivity contribution in [3.63, 3.8) is 0 Å². The van der Waals surface area contributed by atoms with E-state index in [1.165, 1.54) is 39.8 Å². The van der Waals surface area contributed by atoms with E-state index in [0.29, 0.717) is 11.5 Å². The smallest absolute Gasteiger partial charge is 0.284 e. The van der Waals surface area contributed by atoms with E-state index in [9.17, 15) is 9.18 Å². The molecule has 154 valence electrons. The van der Waals surface area contributed by atoms with Crippen molar-refractivity contribution >= 4 is 22.9 Å². The van der Waals surface area contributed by atoms with Crippen LogP contribution in [-0.4, -0.2) is 40.9 Å². The van der Waals surface area contributed by atoms with Gasteiger partial charge in [-0.1, -0.05) is 10.4 Å². The average molecular weight is 435 g/mol. The zero-order valence-electron chi connectivity index (χ0n) is 16.1. The molecule has 9 nitrogen and oxygen atoms in total. The number of hydrogen-bond donors (Lipinski definition) is 0. The van der Waals surface area contributed by atoms with Gasteiger partial charge in [0.15, 0.2) is 11.2 Å². The summed E-state index contributed by atoms with van der Waals surface area (Å²) in [4.78, 5) is 22.6. The van der Waals surface area contributed by atoms with Gasteiger partial charge in [0.1, 0.15) is 18.7 Å². The van der Waals surface area contributed by atoms with Gasteiger partial charge in [0.2, 0.25) is 11.7 Å². The van der Waals surface area contributed by atoms with Gasteiger partial charge in [-0.3, -0.25) is 9.36 Å². The van der Waals surface area contributed by atoms with Crippen LogP contribution in [0.2, 0.25) is 0 Å². The lowest BCUT2D eigenvalue weighted by atomic mass is 10.2. The topological polar surface area (TPSA) is 105 Å². The summed E-state index contributed by atoms with van der Waals surface area (Å²) in [6, 6.07) is 13.4. The van der Waals surface area contributed by atoms with Gasteiger partial charge in [0.05, 0.1) is 5.69 Å². The molecule has 11 heteroatoms. The molecule has 0 saturated carbocycles. The minimum absolute atomic E-state index is 0.0427. The third-order valence-electron chi connectivity index (χ3n) is 4.62. The van der Waals surface area contributed by atoms with Crippen molar-refractivity contribution in [3.8, 4) is 17.1 Å². The first-order chi connectivity index (χ1) is 15.1. The van der Waals surface area contributed by atoms with Gasteiger partial charge in [-0.25, -0.2) is 9.37 Å². The Labute approximate surface area is 178 Å². The Morgan fingerprint density at radius 3 is 2.61 bits per heavy atom. The minimum Gasteiger partial charge on any atom is -0.337 e. The van der Waals surface area contributed by atoms with Gasteiger partial charge in [0.25, 0.3) is 5.56 Å². The summed E-state index contributed by atoms with van der Waals surface area (Å²) in [5.41, 5.74) is 1.31. The standard InChI is InChI=1S/C20H14FN7O2S/c1-31-15-8-2-12(3-9-15)18-23-16(30-25-18)10-27-11-22-19-17(20(27)29)24-26-28(19)14-6-4-13(21)5-7-14/h2-9,11H,10H2,1H3. The van der Waals surface area contributed by atoms with Gasteiger partial charge in [-0.05, 0) is 54.8 Å². The Kier molecular flexibility index (Phi) is 4.79. The molecule has 0 unspecified atom stereocenters. The maximum Gasteiger partial charge on any atom is 0.284 e. The van der Waals surface area contributed by atoms with Gasteiger partial charge < -0.3 is 4.52 Å². The van der Waals surface area contributed by atoms with Crippen molar-refractivity contribution in [1.29, 1.82) is 0 Å². The Bertz CT molecular complexity index is 1420. The number of hydrogen-bond acceptors (Lipinski definition) is 8. The van der Waals surface area contributed by atoms with E-state index in [1.54, 1.807) is 11.8 Å². The van der Waals surface area contributed by atoms with Gasteiger partial charge in [0, 0.05) is 10.5 Å². The highest BCUT2D eigenvalue weighted by Gasteiger charge is 2.16. The number of rotatable bonds is 5. The molecule has 0 radical (unpaired) electrons. The van der Waals surface area contributed by atoms with Crippen molar-refractivity contribution < 1.29 is 8.91 Å². The molecule has 0 spiro atoms. The van der Waals surface area contributed by atoms with Crippen LogP contribution in [0.1, 0.15) is 5.89 Å². The normalized spacial score (nSPS) is 11.3. The molecule has 0 amide bonds. The van der Waals surface area contributed by atoms with E-state index in [0.717, 1.165) is 10.5 Å². The monoisotopic (exact) mass is 435 g/mol. The molecule has 0 fully saturated rings. The molecule has 0 N–H and O–H groups in total. The molecule has 0 bridgehead atoms. The molecule has 5 rings (SSSR count). The summed E-state index contributed by atoms with van der Waals surface area (Å²) in [6.07, 6.45) is 3.37. The fourth-order valence-corrected chi connectivity index (χ4v) is 3.44. The molecular formula is C20H14FN7O2S. The van der Waals surface area contributed by atoms with Crippen molar-refractivity contribution in [2.45, 2.75) is 11.4 Å². The van der Waals surface area contributed by atoms with Crippen LogP contribution in [0.5, 0.6) is 0 Å². The molecule has 0 aliphatic heterocycles. The highest BCUT2D eigenvalue weighted by Crippen LogP contribution is 2.21. The second-order valence-electron chi connectivity index (χ2n) is 6.57. The van der Waals surface area contributed by atoms with Crippen molar-refractivity contribution in [1.82, 2.24) is 34.7 Å². The van der Waals surface area contributed by atoms with Crippen LogP contribution >= 0.6 is 11.8 Å². The van der Waals surface area contributed by atoms with Crippen molar-refractivity contribution in [2.24, 2.45) is 0 Å². The SMILES string of the molecule is CSc1ccc(-c2noc(Cn3cnc4c(nnn4-c4ccc(F)cc4)c3=O)n2)cc1. The second-order valence-corrected chi connectivity index (χ2v) is 7.45. The Balaban J connectivity index is 1.43. The number of halogens is 1. The summed E-state index contributed by atoms with van der Waals surface area (Å²) >= 11 is 1.64. The second kappa shape index (κ2) is 7.76. The molecule has 3 heterocycles. The predicted octanol–water partition coefficient (Wildman–Crippen LogP) is 2.94. The van der Waals surface area contributed by atoms with E-state index >= 15 is 0 Å². The van der Waals surface area contributed by atoms with Crippen molar-refractivity contribution in [2.75, 3.05) is 6.26 Å². The fourth-order valence-electron chi connectivity index (χ4n) is 3.03. The van der Waals surface area contributed by atoms with Gasteiger partial charge in [-0.15, -0.1) is 16.9 Å². The van der Waals surface area contributed by atoms with E-state index in [-0.39, 0.29) is 29.4 Å². The zero-order valence-corrected chi connectivity index (χ0v) is 17.0. The van der Waals surface area contributed by atoms with Crippen LogP contribution in [0.15, 0.2) is 69.1 Å². The summed E-state index contributed by atoms with van der Waals surface area (Å²) in [5.74, 6) is 0.327. The zero-order chi connectivity index (χ0) is 21.4. The largest absolute Gasteiger partial charge is 0.337 e. The highest BCUT2D eigenvalue weighted by atomic mass is 32.2. The maximum atomic E-state index is 13.2. The Morgan fingerprint density at radius 1 is 1.10 bits per heavy atom. The van der Waals surface area contributed by atoms with E-state index < -0.39 is 5.56 Å². The lowest BCUT2D eigenvalue weighted by molar-refractivity contribution is 0.369. The van der Waals surface area contributed by atoms with E-state index in [4.69, 9.17) is 4.52 Å². The van der Waals surface area contributed by atoms with Crippen LogP contribution in [0.4, 0.5) is 4.39 Å². The van der Waals surface area contributed by atoms with Gasteiger partial charge >= 0.3 is 0 Å². The molecular weight excluding hydrogens is 421 g/mol. The minimum atomic E-state index is -0.401. The van der Waals surface area contributed by atoms with Crippen LogP contribution in [0.25, 0.3) is 28.2 Å². The van der Waals surface area contributed by atoms with Crippen molar-refractivity contribution in [3.05, 3.63) is 76.9 Å². The van der Waals surface area contributed by atoms with Crippen LogP contribution in [0, 0.1) is 5.82 Å². The molecule has 0 aliphatic carbocycles. The highest BCUT2D eigenvalue weighted by molar-refractivity contribution is 7.98. The van der Waals surface area contributed by atoms with Crippen LogP contribution in [-0.2, 0) is 6.54 Å².